The molecule has 1 aliphatic heterocycles. The molecule has 0 atom stereocenters. The van der Waals surface area contributed by atoms with Crippen LogP contribution in [-0.2, 0) is 0 Å². The average Bonchev–Trinajstić information content (AvgIpc) is 3.03. The normalized spacial score (nSPS) is 15.9. The third kappa shape index (κ3) is 4.01. The summed E-state index contributed by atoms with van der Waals surface area (Å²) in [5.41, 5.74) is 0.995. The number of hydrogen-bond donors (Lipinski definition) is 1. The summed E-state index contributed by atoms with van der Waals surface area (Å²) in [6, 6.07) is 0. The molecule has 4 nitrogen and oxygen atoms in total. The molecule has 1 aliphatic rings. The van der Waals surface area contributed by atoms with Crippen LogP contribution in [0.15, 0.2) is 0 Å². The predicted molar refractivity (Wildman–Crippen MR) is 79.0 cm³/mol. The first-order valence-corrected chi connectivity index (χ1v) is 8.04. The second-order valence-corrected chi connectivity index (χ2v) is 6.18. The van der Waals surface area contributed by atoms with Crippen molar-refractivity contribution in [1.29, 1.82) is 0 Å². The van der Waals surface area contributed by atoms with Crippen molar-refractivity contribution in [2.24, 2.45) is 0 Å². The fraction of sp³-hybridized carbons (Fsp3) is 0.714. The van der Waals surface area contributed by atoms with Crippen molar-refractivity contribution in [3.05, 3.63) is 10.6 Å². The van der Waals surface area contributed by atoms with Crippen LogP contribution in [0.3, 0.4) is 0 Å². The molecule has 1 aromatic heterocycles. The number of aromatic amines is 1. The molecule has 1 aromatic rings. The molecule has 0 amide bonds. The number of carbonyl (C=O) groups is 1. The molecule has 0 radical (unpaired) electrons. The van der Waals surface area contributed by atoms with E-state index < -0.39 is 0 Å². The minimum absolute atomic E-state index is 0.273. The van der Waals surface area contributed by atoms with Gasteiger partial charge in [0.1, 0.15) is 10.6 Å². The van der Waals surface area contributed by atoms with E-state index in [9.17, 15) is 4.79 Å². The Morgan fingerprint density at radius 1 is 1.42 bits per heavy atom. The predicted octanol–water partition coefficient (Wildman–Crippen LogP) is 2.36. The van der Waals surface area contributed by atoms with Crippen molar-refractivity contribution < 1.29 is 9.78 Å². The summed E-state index contributed by atoms with van der Waals surface area (Å²) in [5.74, 6) is 0.273. The van der Waals surface area contributed by atoms with E-state index in [1.165, 1.54) is 12.8 Å². The lowest BCUT2D eigenvalue weighted by molar-refractivity contribution is -0.364. The summed E-state index contributed by atoms with van der Waals surface area (Å²) in [5, 5.41) is 4.31. The zero-order valence-corrected chi connectivity index (χ0v) is 12.7. The average molecular weight is 282 g/mol. The number of carbonyl (C=O) groups excluding carboxylic acids is 1. The Kier molecular flexibility index (Phi) is 5.34. The van der Waals surface area contributed by atoms with Crippen LogP contribution in [0.5, 0.6) is 0 Å². The number of hydrogen-bond acceptors (Lipinski definition) is 4. The van der Waals surface area contributed by atoms with Gasteiger partial charge in [-0.25, -0.2) is 4.98 Å². The molecule has 2 N–H and O–H groups in total. The number of rotatable bonds is 7. The number of aryl methyl sites for hydroxylation is 1. The smallest absolute Gasteiger partial charge is 0.303 e. The van der Waals surface area contributed by atoms with E-state index in [0.717, 1.165) is 48.3 Å². The summed E-state index contributed by atoms with van der Waals surface area (Å²) in [4.78, 5) is 18.8. The fourth-order valence-corrected chi connectivity index (χ4v) is 3.40. The van der Waals surface area contributed by atoms with Crippen molar-refractivity contribution in [2.75, 3.05) is 31.5 Å². The van der Waals surface area contributed by atoms with Gasteiger partial charge in [-0.05, 0) is 50.6 Å². The largest absolute Gasteiger partial charge is 0.332 e. The molecule has 0 bridgehead atoms. The molecule has 1 saturated heterocycles. The molecule has 1 fully saturated rings. The van der Waals surface area contributed by atoms with Crippen molar-refractivity contribution in [3.63, 3.8) is 0 Å². The first-order chi connectivity index (χ1) is 9.20. The highest BCUT2D eigenvalue weighted by atomic mass is 32.1. The first kappa shape index (κ1) is 14.5. The summed E-state index contributed by atoms with van der Waals surface area (Å²) in [6.07, 6.45) is 4.29. The maximum Gasteiger partial charge on any atom is 0.332 e. The van der Waals surface area contributed by atoms with Crippen molar-refractivity contribution in [2.45, 2.75) is 39.5 Å². The van der Waals surface area contributed by atoms with E-state index >= 15 is 0 Å². The summed E-state index contributed by atoms with van der Waals surface area (Å²) in [7, 11) is 0. The number of likely N-dealkylation sites (tertiary alicyclic amines) is 1. The molecular formula is C14H24N3OS+. The Hall–Kier alpha value is -0.940. The Morgan fingerprint density at radius 3 is 2.84 bits per heavy atom. The van der Waals surface area contributed by atoms with E-state index in [1.54, 1.807) is 11.3 Å². The van der Waals surface area contributed by atoms with Crippen LogP contribution >= 0.6 is 11.3 Å². The van der Waals surface area contributed by atoms with Gasteiger partial charge in [-0.3, -0.25) is 10.1 Å². The van der Waals surface area contributed by atoms with Crippen molar-refractivity contribution >= 4 is 22.3 Å². The Bertz CT molecular complexity index is 424. The zero-order valence-electron chi connectivity index (χ0n) is 11.9. The topological polar surface area (TPSA) is 46.5 Å². The second-order valence-electron chi connectivity index (χ2n) is 5.16. The van der Waals surface area contributed by atoms with Gasteiger partial charge < -0.3 is 4.90 Å². The second kappa shape index (κ2) is 7.01. The monoisotopic (exact) mass is 282 g/mol. The quantitative estimate of drug-likeness (QED) is 0.781. The lowest BCUT2D eigenvalue weighted by Crippen LogP contribution is -2.22. The minimum Gasteiger partial charge on any atom is -0.303 e. The van der Waals surface area contributed by atoms with E-state index in [0.29, 0.717) is 6.42 Å². The van der Waals surface area contributed by atoms with Crippen LogP contribution in [-0.4, -0.2) is 36.9 Å². The highest BCUT2D eigenvalue weighted by molar-refractivity contribution is 7.17. The lowest BCUT2D eigenvalue weighted by Gasteiger charge is -2.12. The van der Waals surface area contributed by atoms with Crippen LogP contribution in [0.2, 0.25) is 0 Å². The molecule has 106 valence electrons. The SMILES string of the molecule is CCCNc1[nH+]c(C)c(C(=O)CCN2CCCC2)s1. The van der Waals surface area contributed by atoms with Crippen LogP contribution in [0.1, 0.15) is 48.0 Å². The van der Waals surface area contributed by atoms with E-state index in [2.05, 4.69) is 22.1 Å². The Labute approximate surface area is 119 Å². The number of ketones is 1. The van der Waals surface area contributed by atoms with Gasteiger partial charge in [0.2, 0.25) is 0 Å². The van der Waals surface area contributed by atoms with Crippen LogP contribution in [0.25, 0.3) is 0 Å². The van der Waals surface area contributed by atoms with Gasteiger partial charge in [0.15, 0.2) is 5.78 Å². The van der Waals surface area contributed by atoms with Crippen molar-refractivity contribution in [3.8, 4) is 0 Å². The number of aromatic nitrogens is 1. The molecule has 0 spiro atoms. The number of nitrogens with zero attached hydrogens (tertiary/aromatic N) is 1. The van der Waals surface area contributed by atoms with E-state index in [-0.39, 0.29) is 5.78 Å². The lowest BCUT2D eigenvalue weighted by atomic mass is 10.2. The number of Topliss-reactive ketones (excluding diaryl/α,β-unsaturated/α-hetero) is 1. The number of thiazole rings is 1. The summed E-state index contributed by atoms with van der Waals surface area (Å²) >= 11 is 1.56. The molecule has 0 aromatic carbocycles. The van der Waals surface area contributed by atoms with Gasteiger partial charge in [-0.1, -0.05) is 6.92 Å². The fourth-order valence-electron chi connectivity index (χ4n) is 2.40. The molecule has 0 aliphatic carbocycles. The molecule has 2 rings (SSSR count). The Morgan fingerprint density at radius 2 is 2.16 bits per heavy atom. The van der Waals surface area contributed by atoms with Crippen LogP contribution in [0.4, 0.5) is 5.13 Å². The minimum atomic E-state index is 0.273. The van der Waals surface area contributed by atoms with Crippen molar-refractivity contribution in [1.82, 2.24) is 4.90 Å². The Balaban J connectivity index is 1.88. The molecule has 19 heavy (non-hydrogen) atoms. The van der Waals surface area contributed by atoms with Gasteiger partial charge in [0, 0.05) is 13.0 Å². The maximum absolute atomic E-state index is 12.2. The molecular weight excluding hydrogens is 258 g/mol. The van der Waals surface area contributed by atoms with Crippen LogP contribution in [0, 0.1) is 6.92 Å². The van der Waals surface area contributed by atoms with Gasteiger partial charge in [-0.15, -0.1) is 0 Å². The van der Waals surface area contributed by atoms with Gasteiger partial charge >= 0.3 is 5.13 Å². The summed E-state index contributed by atoms with van der Waals surface area (Å²) < 4.78 is 0. The van der Waals surface area contributed by atoms with Gasteiger partial charge in [0.05, 0.1) is 6.54 Å². The van der Waals surface area contributed by atoms with Crippen LogP contribution < -0.4 is 10.3 Å². The summed E-state index contributed by atoms with van der Waals surface area (Å²) in [6.45, 7) is 8.29. The van der Waals surface area contributed by atoms with E-state index in [4.69, 9.17) is 0 Å². The molecule has 5 heteroatoms. The third-order valence-corrected chi connectivity index (χ3v) is 4.68. The highest BCUT2D eigenvalue weighted by Crippen LogP contribution is 2.20. The highest BCUT2D eigenvalue weighted by Gasteiger charge is 2.20. The maximum atomic E-state index is 12.2. The molecule has 0 unspecified atom stereocenters. The molecule has 0 saturated carbocycles. The number of H-pyrrole nitrogens is 1. The zero-order chi connectivity index (χ0) is 13.7. The standard InChI is InChI=1S/C14H23N3OS/c1-3-7-15-14-16-11(2)13(19-14)12(18)6-10-17-8-4-5-9-17/h3-10H2,1-2H3,(H,15,16)/p+1. The van der Waals surface area contributed by atoms with Gasteiger partial charge in [0.25, 0.3) is 0 Å². The molecule has 2 heterocycles. The van der Waals surface area contributed by atoms with E-state index in [1.807, 2.05) is 6.92 Å². The number of nitrogens with one attached hydrogen (secondary N) is 2. The first-order valence-electron chi connectivity index (χ1n) is 7.23. The number of anilines is 1. The third-order valence-electron chi connectivity index (χ3n) is 3.49. The van der Waals surface area contributed by atoms with Gasteiger partial charge in [-0.2, -0.15) is 0 Å².